The molecule has 1 N–H and O–H groups in total. The molecule has 0 unspecified atom stereocenters. The number of nitrogens with zero attached hydrogens (tertiary/aromatic N) is 6. The zero-order valence-electron chi connectivity index (χ0n) is 19.3. The number of ether oxygens (including phenoxy) is 1. The molecule has 1 aliphatic rings. The van der Waals surface area contributed by atoms with Crippen molar-refractivity contribution >= 4 is 27.4 Å². The van der Waals surface area contributed by atoms with Gasteiger partial charge in [0.05, 0.1) is 28.4 Å². The van der Waals surface area contributed by atoms with Crippen LogP contribution in [0, 0.1) is 0 Å². The molecule has 0 aliphatic heterocycles. The number of hydrogen-bond acceptors (Lipinski definition) is 7. The van der Waals surface area contributed by atoms with Crippen molar-refractivity contribution in [1.82, 2.24) is 29.1 Å². The molecule has 9 heteroatoms. The molecule has 6 rings (SSSR count). The molecule has 0 atom stereocenters. The van der Waals surface area contributed by atoms with Crippen LogP contribution in [-0.4, -0.2) is 48.3 Å². The average Bonchev–Trinajstić information content (AvgIpc) is 3.54. The third kappa shape index (κ3) is 3.57. The fraction of sp³-hybridized carbons (Fsp3) is 0.280. The molecule has 0 amide bonds. The molecule has 1 fully saturated rings. The van der Waals surface area contributed by atoms with Crippen LogP contribution in [0.4, 0.5) is 5.82 Å². The Labute approximate surface area is 201 Å². The van der Waals surface area contributed by atoms with Gasteiger partial charge < -0.3 is 19.2 Å². The SMILES string of the molecule is CO[C@H]1C[C@@H](Nc2nc(-c3nccn3C)nc3sc(-c4cn(C)cn4)c(-c4ccccc4)c23)C1. The third-order valence-electron chi connectivity index (χ3n) is 6.34. The van der Waals surface area contributed by atoms with E-state index >= 15 is 0 Å². The molecular weight excluding hydrogens is 446 g/mol. The third-order valence-corrected chi connectivity index (χ3v) is 7.45. The molecule has 4 heterocycles. The number of rotatable bonds is 6. The average molecular weight is 472 g/mol. The van der Waals surface area contributed by atoms with Crippen LogP contribution >= 0.6 is 11.3 Å². The maximum atomic E-state index is 5.50. The van der Waals surface area contributed by atoms with Gasteiger partial charge in [0.25, 0.3) is 0 Å². The molecule has 1 aromatic carbocycles. The molecule has 0 saturated heterocycles. The van der Waals surface area contributed by atoms with Crippen molar-refractivity contribution in [2.24, 2.45) is 14.1 Å². The number of imidazole rings is 2. The van der Waals surface area contributed by atoms with Gasteiger partial charge in [-0.1, -0.05) is 30.3 Å². The molecule has 34 heavy (non-hydrogen) atoms. The van der Waals surface area contributed by atoms with Gasteiger partial charge in [0, 0.05) is 51.4 Å². The first kappa shape index (κ1) is 21.0. The highest BCUT2D eigenvalue weighted by molar-refractivity contribution is 7.22. The minimum atomic E-state index is 0.295. The Morgan fingerprint density at radius 1 is 1.09 bits per heavy atom. The number of aryl methyl sites for hydroxylation is 2. The van der Waals surface area contributed by atoms with Gasteiger partial charge in [0.15, 0.2) is 11.6 Å². The lowest BCUT2D eigenvalue weighted by Crippen LogP contribution is -2.40. The predicted octanol–water partition coefficient (Wildman–Crippen LogP) is 4.75. The van der Waals surface area contributed by atoms with E-state index in [-0.39, 0.29) is 0 Å². The Morgan fingerprint density at radius 3 is 2.59 bits per heavy atom. The molecular formula is C25H25N7OS. The van der Waals surface area contributed by atoms with Crippen LogP contribution in [0.2, 0.25) is 0 Å². The molecule has 0 spiro atoms. The van der Waals surface area contributed by atoms with E-state index in [2.05, 4.69) is 39.6 Å². The van der Waals surface area contributed by atoms with Crippen LogP contribution in [0.3, 0.4) is 0 Å². The second-order valence-electron chi connectivity index (χ2n) is 8.70. The number of methoxy groups -OCH3 is 1. The van der Waals surface area contributed by atoms with Gasteiger partial charge in [-0.05, 0) is 18.4 Å². The standard InChI is InChI=1S/C25H25N7OS/c1-31-13-18(27-14-31)21-19(15-7-5-4-6-8-15)20-22(28-16-11-17(12-16)33-3)29-23(30-25(20)34-21)24-26-9-10-32(24)2/h4-10,13-14,16-17H,11-12H2,1-3H3,(H,28,29,30)/t16-,17+. The van der Waals surface area contributed by atoms with Crippen LogP contribution in [0.25, 0.3) is 43.6 Å². The van der Waals surface area contributed by atoms with E-state index in [1.165, 1.54) is 0 Å². The van der Waals surface area contributed by atoms with Crippen molar-refractivity contribution in [1.29, 1.82) is 0 Å². The van der Waals surface area contributed by atoms with Crippen molar-refractivity contribution in [3.05, 3.63) is 55.2 Å². The molecule has 5 aromatic rings. The topological polar surface area (TPSA) is 82.7 Å². The Morgan fingerprint density at radius 2 is 1.91 bits per heavy atom. The molecule has 8 nitrogen and oxygen atoms in total. The second-order valence-corrected chi connectivity index (χ2v) is 9.70. The minimum Gasteiger partial charge on any atom is -0.381 e. The lowest BCUT2D eigenvalue weighted by molar-refractivity contribution is 0.0328. The Bertz CT molecular complexity index is 1460. The lowest BCUT2D eigenvalue weighted by atomic mass is 9.89. The summed E-state index contributed by atoms with van der Waals surface area (Å²) in [5.74, 6) is 2.18. The minimum absolute atomic E-state index is 0.295. The van der Waals surface area contributed by atoms with Crippen LogP contribution in [0.1, 0.15) is 12.8 Å². The van der Waals surface area contributed by atoms with Gasteiger partial charge in [0.2, 0.25) is 0 Å². The summed E-state index contributed by atoms with van der Waals surface area (Å²) in [4.78, 5) is 21.2. The summed E-state index contributed by atoms with van der Waals surface area (Å²) >= 11 is 1.65. The number of fused-ring (bicyclic) bond motifs is 1. The van der Waals surface area contributed by atoms with Crippen molar-refractivity contribution < 1.29 is 4.74 Å². The van der Waals surface area contributed by atoms with Gasteiger partial charge in [-0.2, -0.15) is 0 Å². The van der Waals surface area contributed by atoms with Gasteiger partial charge in [-0.3, -0.25) is 0 Å². The maximum absolute atomic E-state index is 5.50. The Kier molecular flexibility index (Phi) is 5.15. The number of anilines is 1. The number of hydrogen-bond donors (Lipinski definition) is 1. The highest BCUT2D eigenvalue weighted by atomic mass is 32.1. The highest BCUT2D eigenvalue weighted by Gasteiger charge is 2.31. The smallest absolute Gasteiger partial charge is 0.199 e. The summed E-state index contributed by atoms with van der Waals surface area (Å²) in [6, 6.07) is 10.7. The quantitative estimate of drug-likeness (QED) is 0.385. The van der Waals surface area contributed by atoms with Crippen molar-refractivity contribution in [2.45, 2.75) is 25.0 Å². The van der Waals surface area contributed by atoms with Crippen molar-refractivity contribution in [3.8, 4) is 33.3 Å². The summed E-state index contributed by atoms with van der Waals surface area (Å²) in [5.41, 5.74) is 3.15. The summed E-state index contributed by atoms with van der Waals surface area (Å²) < 4.78 is 9.42. The van der Waals surface area contributed by atoms with Gasteiger partial charge in [0.1, 0.15) is 10.6 Å². The fourth-order valence-electron chi connectivity index (χ4n) is 4.45. The zero-order chi connectivity index (χ0) is 23.2. The monoisotopic (exact) mass is 471 g/mol. The molecule has 172 valence electrons. The van der Waals surface area contributed by atoms with E-state index in [4.69, 9.17) is 14.7 Å². The predicted molar refractivity (Wildman–Crippen MR) is 135 cm³/mol. The summed E-state index contributed by atoms with van der Waals surface area (Å²) in [7, 11) is 5.72. The number of thiophene rings is 1. The van der Waals surface area contributed by atoms with Crippen LogP contribution in [0.5, 0.6) is 0 Å². The molecule has 4 aromatic heterocycles. The summed E-state index contributed by atoms with van der Waals surface area (Å²) in [5, 5.41) is 4.72. The molecule has 0 radical (unpaired) electrons. The van der Waals surface area contributed by atoms with E-state index in [0.717, 1.165) is 56.4 Å². The first-order chi connectivity index (χ1) is 16.6. The van der Waals surface area contributed by atoms with Gasteiger partial charge in [-0.15, -0.1) is 11.3 Å². The first-order valence-electron chi connectivity index (χ1n) is 11.3. The normalized spacial score (nSPS) is 17.7. The van der Waals surface area contributed by atoms with Crippen molar-refractivity contribution in [2.75, 3.05) is 12.4 Å². The largest absolute Gasteiger partial charge is 0.381 e. The highest BCUT2D eigenvalue weighted by Crippen LogP contribution is 2.47. The number of benzene rings is 1. The Balaban J connectivity index is 1.60. The first-order valence-corrected chi connectivity index (χ1v) is 12.1. The number of nitrogens with one attached hydrogen (secondary N) is 1. The van der Waals surface area contributed by atoms with Gasteiger partial charge in [-0.25, -0.2) is 19.9 Å². The van der Waals surface area contributed by atoms with Crippen molar-refractivity contribution in [3.63, 3.8) is 0 Å². The van der Waals surface area contributed by atoms with E-state index in [9.17, 15) is 0 Å². The Hall–Kier alpha value is -3.56. The van der Waals surface area contributed by atoms with E-state index < -0.39 is 0 Å². The number of aromatic nitrogens is 6. The summed E-state index contributed by atoms with van der Waals surface area (Å²) in [6.07, 6.45) is 9.77. The van der Waals surface area contributed by atoms with E-state index in [0.29, 0.717) is 18.0 Å². The van der Waals surface area contributed by atoms with Crippen LogP contribution in [-0.2, 0) is 18.8 Å². The van der Waals surface area contributed by atoms with Gasteiger partial charge >= 0.3 is 0 Å². The molecule has 1 saturated carbocycles. The van der Waals surface area contributed by atoms with Crippen LogP contribution in [0.15, 0.2) is 55.2 Å². The summed E-state index contributed by atoms with van der Waals surface area (Å²) in [6.45, 7) is 0. The van der Waals surface area contributed by atoms with Crippen LogP contribution < -0.4 is 5.32 Å². The molecule has 0 bridgehead atoms. The van der Waals surface area contributed by atoms with E-state index in [1.54, 1.807) is 24.6 Å². The second kappa shape index (κ2) is 8.34. The zero-order valence-corrected chi connectivity index (χ0v) is 20.1. The molecule has 1 aliphatic carbocycles. The lowest BCUT2D eigenvalue weighted by Gasteiger charge is -2.35. The maximum Gasteiger partial charge on any atom is 0.199 e. The van der Waals surface area contributed by atoms with E-state index in [1.807, 2.05) is 48.0 Å². The fourth-order valence-corrected chi connectivity index (χ4v) is 5.60.